The summed E-state index contributed by atoms with van der Waals surface area (Å²) in [5, 5.41) is 22.6. The molecule has 2 atom stereocenters. The van der Waals surface area contributed by atoms with E-state index in [2.05, 4.69) is 0 Å². The second-order valence-electron chi connectivity index (χ2n) is 4.38. The number of aryl methyl sites for hydroxylation is 1. The average Bonchev–Trinajstić information content (AvgIpc) is 2.37. The maximum atomic E-state index is 12.2. The molecule has 2 N–H and O–H groups in total. The number of aliphatic hydroxyl groups excluding tert-OH is 1. The van der Waals surface area contributed by atoms with Gasteiger partial charge in [0, 0.05) is 5.56 Å². The second kappa shape index (κ2) is 5.36. The van der Waals surface area contributed by atoms with Crippen LogP contribution < -0.4 is 5.17 Å². The van der Waals surface area contributed by atoms with Crippen LogP contribution in [0.1, 0.15) is 16.7 Å². The van der Waals surface area contributed by atoms with E-state index in [0.29, 0.717) is 16.6 Å². The number of hydrogen-bond donors (Lipinski definition) is 2. The summed E-state index contributed by atoms with van der Waals surface area (Å²) in [5.74, 6) is 0. The van der Waals surface area contributed by atoms with Crippen molar-refractivity contribution in [3.05, 3.63) is 40.2 Å². The molecule has 19 heavy (non-hydrogen) atoms. The minimum Gasteiger partial charge on any atom is -0.603 e. The van der Waals surface area contributed by atoms with E-state index in [1.165, 1.54) is 11.2 Å². The van der Waals surface area contributed by atoms with E-state index in [9.17, 15) is 9.77 Å². The maximum Gasteiger partial charge on any atom is 0.553 e. The molecule has 0 aromatic heterocycles. The fourth-order valence-corrected chi connectivity index (χ4v) is 2.95. The number of aliphatic hydroxyl groups is 1. The highest BCUT2D eigenvalue weighted by Gasteiger charge is 2.37. The Kier molecular flexibility index (Phi) is 3.99. The summed E-state index contributed by atoms with van der Waals surface area (Å²) in [6, 6.07) is 3.64. The molecule has 0 aliphatic carbocycles. The highest BCUT2D eigenvalue weighted by atomic mass is 31.1. The van der Waals surface area contributed by atoms with Crippen LogP contribution in [0.2, 0.25) is 0 Å². The van der Waals surface area contributed by atoms with Crippen LogP contribution in [-0.4, -0.2) is 24.0 Å². The predicted octanol–water partition coefficient (Wildman–Crippen LogP) is 1.19. The van der Waals surface area contributed by atoms with Crippen molar-refractivity contribution in [1.82, 2.24) is 5.01 Å². The van der Waals surface area contributed by atoms with Crippen molar-refractivity contribution in [2.75, 3.05) is 13.8 Å². The number of benzene rings is 1. The Labute approximate surface area is 112 Å². The summed E-state index contributed by atoms with van der Waals surface area (Å²) in [5.41, 5.74) is 3.03. The van der Waals surface area contributed by atoms with Crippen molar-refractivity contribution in [1.29, 1.82) is 0 Å². The van der Waals surface area contributed by atoms with Gasteiger partial charge in [-0.05, 0) is 30.0 Å². The fourth-order valence-electron chi connectivity index (χ4n) is 2.06. The van der Waals surface area contributed by atoms with Gasteiger partial charge in [-0.1, -0.05) is 6.07 Å². The van der Waals surface area contributed by atoms with Gasteiger partial charge in [-0.2, -0.15) is 0 Å². The molecule has 1 aliphatic heterocycles. The highest BCUT2D eigenvalue weighted by molar-refractivity contribution is 7.51. The first-order valence-corrected chi connectivity index (χ1v) is 6.95. The van der Waals surface area contributed by atoms with E-state index >= 15 is 0 Å². The van der Waals surface area contributed by atoms with E-state index in [4.69, 9.17) is 9.63 Å². The molecule has 0 saturated carbocycles. The molecule has 1 heterocycles. The number of quaternary nitrogens is 1. The molecular weight excluding hydrogens is 267 g/mol. The summed E-state index contributed by atoms with van der Waals surface area (Å²) in [6.07, 6.45) is 1.49. The van der Waals surface area contributed by atoms with Crippen molar-refractivity contribution in [2.24, 2.45) is 0 Å². The predicted molar refractivity (Wildman–Crippen MR) is 71.4 cm³/mol. The summed E-state index contributed by atoms with van der Waals surface area (Å²) in [7, 11) is -0.580. The molecule has 6 nitrogen and oxygen atoms in total. The van der Waals surface area contributed by atoms with E-state index < -0.39 is 14.8 Å². The zero-order chi connectivity index (χ0) is 14.2. The Balaban J connectivity index is 2.59. The van der Waals surface area contributed by atoms with Gasteiger partial charge in [0.15, 0.2) is 12.5 Å². The first kappa shape index (κ1) is 14.1. The quantitative estimate of drug-likeness (QED) is 0.495. The summed E-state index contributed by atoms with van der Waals surface area (Å²) in [6.45, 7) is 3.16. The van der Waals surface area contributed by atoms with Gasteiger partial charge < -0.3 is 10.3 Å². The smallest absolute Gasteiger partial charge is 0.553 e. The number of fused-ring (bicyclic) bond motifs is 1. The Morgan fingerprint density at radius 2 is 2.16 bits per heavy atom. The van der Waals surface area contributed by atoms with Crippen LogP contribution >= 0.6 is 8.03 Å². The lowest BCUT2D eigenvalue weighted by Crippen LogP contribution is -3.08. The topological polar surface area (TPSA) is 77.3 Å². The lowest BCUT2D eigenvalue weighted by atomic mass is 10.0. The third-order valence-electron chi connectivity index (χ3n) is 3.23. The van der Waals surface area contributed by atoms with Gasteiger partial charge in [0.25, 0.3) is 5.31 Å². The van der Waals surface area contributed by atoms with Gasteiger partial charge in [0.1, 0.15) is 6.20 Å². The Morgan fingerprint density at radius 1 is 1.47 bits per heavy atom. The lowest BCUT2D eigenvalue weighted by molar-refractivity contribution is -0.899. The Morgan fingerprint density at radius 3 is 2.79 bits per heavy atom. The van der Waals surface area contributed by atoms with Gasteiger partial charge in [-0.3, -0.25) is 0 Å². The maximum absolute atomic E-state index is 12.2. The molecule has 0 radical (unpaired) electrons. The molecule has 0 fully saturated rings. The molecule has 0 bridgehead atoms. The van der Waals surface area contributed by atoms with Crippen LogP contribution in [-0.2, 0) is 9.09 Å². The van der Waals surface area contributed by atoms with Crippen LogP contribution in [0.15, 0.2) is 18.3 Å². The van der Waals surface area contributed by atoms with Crippen molar-refractivity contribution in [3.63, 3.8) is 0 Å². The molecule has 7 heteroatoms. The third-order valence-corrected chi connectivity index (χ3v) is 4.33. The van der Waals surface area contributed by atoms with Crippen molar-refractivity contribution >= 4 is 19.0 Å². The monoisotopic (exact) mass is 283 g/mol. The molecule has 0 spiro atoms. The van der Waals surface area contributed by atoms with Crippen LogP contribution in [0.25, 0.3) is 5.31 Å². The summed E-state index contributed by atoms with van der Waals surface area (Å²) in [4.78, 5) is 0. The molecule has 1 aromatic rings. The normalized spacial score (nSPS) is 19.0. The molecule has 1 aromatic carbocycles. The largest absolute Gasteiger partial charge is 0.603 e. The van der Waals surface area contributed by atoms with E-state index in [1.54, 1.807) is 13.1 Å². The van der Waals surface area contributed by atoms with Crippen LogP contribution in [0.5, 0.6) is 0 Å². The van der Waals surface area contributed by atoms with Crippen LogP contribution in [0.3, 0.4) is 0 Å². The molecular formula is C12H16N2O4P+. The average molecular weight is 283 g/mol. The van der Waals surface area contributed by atoms with E-state index in [-0.39, 0.29) is 5.17 Å². The molecule has 0 amide bonds. The summed E-state index contributed by atoms with van der Waals surface area (Å²) < 4.78 is 16.7. The molecule has 2 unspecified atom stereocenters. The molecule has 2 rings (SSSR count). The fraction of sp³-hybridized carbons (Fsp3) is 0.333. The van der Waals surface area contributed by atoms with Gasteiger partial charge >= 0.3 is 8.03 Å². The standard InChI is InChI=1S/C12H16N2O4P/c1-8-4-5-10-11(19(17)18-7-15)6-13(3)14(16)12(10)9(8)2/h4-6,14-15H,7H2,1-3H3/q+1. The Hall–Kier alpha value is -1.30. The zero-order valence-electron chi connectivity index (χ0n) is 11.0. The number of nitrogens with one attached hydrogen (secondary N) is 1. The van der Waals surface area contributed by atoms with Gasteiger partial charge in [-0.15, -0.1) is 4.52 Å². The highest BCUT2D eigenvalue weighted by Crippen LogP contribution is 2.45. The number of nitrogens with zero attached hydrogens (tertiary/aromatic N) is 1. The van der Waals surface area contributed by atoms with Crippen molar-refractivity contribution in [2.45, 2.75) is 13.8 Å². The zero-order valence-corrected chi connectivity index (χ0v) is 11.9. The summed E-state index contributed by atoms with van der Waals surface area (Å²) >= 11 is 0. The third kappa shape index (κ3) is 2.41. The van der Waals surface area contributed by atoms with Gasteiger partial charge in [0.05, 0.1) is 12.6 Å². The molecule has 102 valence electrons. The number of rotatable bonds is 3. The minimum atomic E-state index is -2.19. The Bertz CT molecular complexity index is 559. The van der Waals surface area contributed by atoms with E-state index in [0.717, 1.165) is 11.1 Å². The van der Waals surface area contributed by atoms with Crippen LogP contribution in [0, 0.1) is 19.1 Å². The number of hydrogen-bond acceptors (Lipinski definition) is 5. The van der Waals surface area contributed by atoms with Gasteiger partial charge in [0.2, 0.25) is 0 Å². The lowest BCUT2D eigenvalue weighted by Gasteiger charge is -2.34. The molecule has 1 aliphatic rings. The van der Waals surface area contributed by atoms with Crippen molar-refractivity contribution < 1.29 is 19.4 Å². The minimum absolute atomic E-state index is 0.132. The molecule has 0 saturated heterocycles. The van der Waals surface area contributed by atoms with Gasteiger partial charge in [-0.25, -0.2) is 10.2 Å². The SMILES string of the molecule is Cc1ccc2c(c1C)[NH+]([O-])N(C)C=C2[P+](=O)OCO. The second-order valence-corrected chi connectivity index (χ2v) is 5.63. The van der Waals surface area contributed by atoms with Crippen molar-refractivity contribution in [3.8, 4) is 0 Å². The first-order valence-electron chi connectivity index (χ1n) is 5.78. The van der Waals surface area contributed by atoms with Crippen LogP contribution in [0.4, 0.5) is 5.69 Å². The van der Waals surface area contributed by atoms with E-state index in [1.807, 2.05) is 19.9 Å². The first-order chi connectivity index (χ1) is 8.97.